The predicted molar refractivity (Wildman–Crippen MR) is 75.9 cm³/mol. The van der Waals surface area contributed by atoms with Gasteiger partial charge in [-0.05, 0) is 49.2 Å². The van der Waals surface area contributed by atoms with Crippen LogP contribution in [0, 0.1) is 13.8 Å². The van der Waals surface area contributed by atoms with Crippen molar-refractivity contribution in [1.82, 2.24) is 0 Å². The molecule has 0 bridgehead atoms. The van der Waals surface area contributed by atoms with Gasteiger partial charge in [0, 0.05) is 5.56 Å². The van der Waals surface area contributed by atoms with Crippen LogP contribution in [-0.4, -0.2) is 10.2 Å². The van der Waals surface area contributed by atoms with E-state index in [2.05, 4.69) is 13.2 Å². The fourth-order valence-corrected chi connectivity index (χ4v) is 1.70. The van der Waals surface area contributed by atoms with Crippen molar-refractivity contribution in [1.29, 1.82) is 0 Å². The van der Waals surface area contributed by atoms with Crippen LogP contribution in [0.15, 0.2) is 49.6 Å². The first-order chi connectivity index (χ1) is 8.58. The van der Waals surface area contributed by atoms with Gasteiger partial charge in [-0.15, -0.1) is 13.2 Å². The monoisotopic (exact) mass is 242 g/mol. The molecule has 0 fully saturated rings. The van der Waals surface area contributed by atoms with Crippen LogP contribution in [0.2, 0.25) is 0 Å². The average molecular weight is 242 g/mol. The molecule has 2 aromatic rings. The lowest BCUT2D eigenvalue weighted by molar-refractivity contribution is 0.470. The minimum Gasteiger partial charge on any atom is -0.508 e. The highest BCUT2D eigenvalue weighted by Gasteiger charge is 2.06. The number of phenolic OH excluding ortho intramolecular Hbond substituents is 2. The summed E-state index contributed by atoms with van der Waals surface area (Å²) in [6, 6.07) is 10.8. The molecule has 0 amide bonds. The molecule has 0 aliphatic rings. The number of benzene rings is 2. The van der Waals surface area contributed by atoms with Crippen LogP contribution in [0.4, 0.5) is 0 Å². The van der Waals surface area contributed by atoms with Crippen LogP contribution in [-0.2, 0) is 0 Å². The van der Waals surface area contributed by atoms with E-state index in [9.17, 15) is 10.2 Å². The zero-order valence-electron chi connectivity index (χ0n) is 10.8. The van der Waals surface area contributed by atoms with E-state index in [1.54, 1.807) is 18.2 Å². The number of aryl methyl sites for hydroxylation is 2. The van der Waals surface area contributed by atoms with Crippen LogP contribution in [0.1, 0.15) is 11.1 Å². The van der Waals surface area contributed by atoms with Gasteiger partial charge in [-0.1, -0.05) is 17.7 Å². The first-order valence-electron chi connectivity index (χ1n) is 5.67. The standard InChI is InChI=1S/C14H14O2.C2H4/c1-9-3-5-14(16)12(7-9)11-4-6-13(15)10(2)8-11;1-2/h3-8,15-16H,1-2H3;1-2H2. The summed E-state index contributed by atoms with van der Waals surface area (Å²) in [4.78, 5) is 0. The topological polar surface area (TPSA) is 40.5 Å². The summed E-state index contributed by atoms with van der Waals surface area (Å²) in [5, 5.41) is 19.2. The van der Waals surface area contributed by atoms with E-state index in [0.29, 0.717) is 0 Å². The van der Waals surface area contributed by atoms with Crippen molar-refractivity contribution in [3.63, 3.8) is 0 Å². The minimum atomic E-state index is 0.260. The third kappa shape index (κ3) is 2.92. The molecule has 0 spiro atoms. The summed E-state index contributed by atoms with van der Waals surface area (Å²) in [5.41, 5.74) is 3.61. The first kappa shape index (κ1) is 13.8. The van der Waals surface area contributed by atoms with E-state index in [1.165, 1.54) is 0 Å². The Bertz CT molecular complexity index is 545. The van der Waals surface area contributed by atoms with Crippen LogP contribution in [0.3, 0.4) is 0 Å². The second kappa shape index (κ2) is 5.92. The summed E-state index contributed by atoms with van der Waals surface area (Å²) in [6.07, 6.45) is 0. The third-order valence-electron chi connectivity index (χ3n) is 2.66. The van der Waals surface area contributed by atoms with Gasteiger partial charge in [0.05, 0.1) is 0 Å². The van der Waals surface area contributed by atoms with Gasteiger partial charge in [-0.2, -0.15) is 0 Å². The van der Waals surface area contributed by atoms with Gasteiger partial charge in [0.1, 0.15) is 11.5 Å². The molecule has 0 atom stereocenters. The van der Waals surface area contributed by atoms with Gasteiger partial charge in [0.2, 0.25) is 0 Å². The molecule has 0 saturated carbocycles. The molecule has 2 aromatic carbocycles. The Labute approximate surface area is 108 Å². The van der Waals surface area contributed by atoms with Gasteiger partial charge < -0.3 is 10.2 Å². The van der Waals surface area contributed by atoms with Gasteiger partial charge in [-0.25, -0.2) is 0 Å². The van der Waals surface area contributed by atoms with Gasteiger partial charge in [-0.3, -0.25) is 0 Å². The zero-order valence-corrected chi connectivity index (χ0v) is 10.8. The Morgan fingerprint density at radius 2 is 1.44 bits per heavy atom. The summed E-state index contributed by atoms with van der Waals surface area (Å²) in [5.74, 6) is 0.534. The molecule has 18 heavy (non-hydrogen) atoms. The van der Waals surface area contributed by atoms with Crippen molar-refractivity contribution in [2.45, 2.75) is 13.8 Å². The zero-order chi connectivity index (χ0) is 13.7. The molecular formula is C16H18O2. The van der Waals surface area contributed by atoms with Gasteiger partial charge in [0.15, 0.2) is 0 Å². The maximum Gasteiger partial charge on any atom is 0.123 e. The second-order valence-electron chi connectivity index (χ2n) is 4.02. The lowest BCUT2D eigenvalue weighted by Gasteiger charge is -2.07. The molecule has 94 valence electrons. The van der Waals surface area contributed by atoms with Crippen LogP contribution >= 0.6 is 0 Å². The summed E-state index contributed by atoms with van der Waals surface area (Å²) >= 11 is 0. The molecule has 2 heteroatoms. The number of hydrogen-bond donors (Lipinski definition) is 2. The molecule has 0 radical (unpaired) electrons. The third-order valence-corrected chi connectivity index (χ3v) is 2.66. The highest BCUT2D eigenvalue weighted by molar-refractivity contribution is 5.72. The Hall–Kier alpha value is -2.22. The molecule has 0 unspecified atom stereocenters. The normalized spacial score (nSPS) is 9.44. The second-order valence-corrected chi connectivity index (χ2v) is 4.02. The van der Waals surface area contributed by atoms with E-state index >= 15 is 0 Å². The molecule has 2 nitrogen and oxygen atoms in total. The number of hydrogen-bond acceptors (Lipinski definition) is 2. The SMILES string of the molecule is C=C.Cc1ccc(O)c(-c2ccc(O)c(C)c2)c1. The van der Waals surface area contributed by atoms with Crippen molar-refractivity contribution >= 4 is 0 Å². The number of aromatic hydroxyl groups is 2. The Morgan fingerprint density at radius 1 is 0.833 bits per heavy atom. The van der Waals surface area contributed by atoms with Crippen molar-refractivity contribution in [2.75, 3.05) is 0 Å². The smallest absolute Gasteiger partial charge is 0.123 e. The van der Waals surface area contributed by atoms with Crippen molar-refractivity contribution in [3.8, 4) is 22.6 Å². The minimum absolute atomic E-state index is 0.260. The molecule has 0 heterocycles. The highest BCUT2D eigenvalue weighted by Crippen LogP contribution is 2.32. The van der Waals surface area contributed by atoms with Gasteiger partial charge in [0.25, 0.3) is 0 Å². The van der Waals surface area contributed by atoms with Crippen molar-refractivity contribution < 1.29 is 10.2 Å². The quantitative estimate of drug-likeness (QED) is 0.736. The molecular weight excluding hydrogens is 224 g/mol. The van der Waals surface area contributed by atoms with E-state index in [0.717, 1.165) is 22.3 Å². The molecule has 2 rings (SSSR count). The first-order valence-corrected chi connectivity index (χ1v) is 5.67. The van der Waals surface area contributed by atoms with Crippen molar-refractivity contribution in [3.05, 3.63) is 60.7 Å². The van der Waals surface area contributed by atoms with Crippen LogP contribution in [0.5, 0.6) is 11.5 Å². The van der Waals surface area contributed by atoms with E-state index < -0.39 is 0 Å². The highest BCUT2D eigenvalue weighted by atomic mass is 16.3. The lowest BCUT2D eigenvalue weighted by atomic mass is 10.0. The summed E-state index contributed by atoms with van der Waals surface area (Å²) in [6.45, 7) is 9.82. The Morgan fingerprint density at radius 3 is 2.06 bits per heavy atom. The van der Waals surface area contributed by atoms with Crippen LogP contribution < -0.4 is 0 Å². The van der Waals surface area contributed by atoms with Crippen LogP contribution in [0.25, 0.3) is 11.1 Å². The van der Waals surface area contributed by atoms with E-state index in [-0.39, 0.29) is 11.5 Å². The molecule has 2 N–H and O–H groups in total. The lowest BCUT2D eigenvalue weighted by Crippen LogP contribution is -1.83. The molecule has 0 saturated heterocycles. The van der Waals surface area contributed by atoms with E-state index in [1.807, 2.05) is 32.0 Å². The van der Waals surface area contributed by atoms with Crippen molar-refractivity contribution in [2.24, 2.45) is 0 Å². The summed E-state index contributed by atoms with van der Waals surface area (Å²) in [7, 11) is 0. The average Bonchev–Trinajstić information content (AvgIpc) is 2.38. The molecule has 0 aliphatic heterocycles. The predicted octanol–water partition coefficient (Wildman–Crippen LogP) is 4.18. The molecule has 0 aromatic heterocycles. The fourth-order valence-electron chi connectivity index (χ4n) is 1.70. The summed E-state index contributed by atoms with van der Waals surface area (Å²) < 4.78 is 0. The van der Waals surface area contributed by atoms with E-state index in [4.69, 9.17) is 0 Å². The van der Waals surface area contributed by atoms with Gasteiger partial charge >= 0.3 is 0 Å². The molecule has 0 aliphatic carbocycles. The Kier molecular flexibility index (Phi) is 4.55. The maximum atomic E-state index is 9.79. The Balaban J connectivity index is 0.000000771. The number of phenols is 2. The maximum absolute atomic E-state index is 9.79. The largest absolute Gasteiger partial charge is 0.508 e. The number of rotatable bonds is 1. The fraction of sp³-hybridized carbons (Fsp3) is 0.125.